The summed E-state index contributed by atoms with van der Waals surface area (Å²) >= 11 is 0. The highest BCUT2D eigenvalue weighted by Gasteiger charge is 2.35. The summed E-state index contributed by atoms with van der Waals surface area (Å²) in [4.78, 5) is 27.7. The van der Waals surface area contributed by atoms with Crippen molar-refractivity contribution >= 4 is 11.8 Å². The van der Waals surface area contributed by atoms with Crippen molar-refractivity contribution in [2.45, 2.75) is 18.9 Å². The fourth-order valence-corrected chi connectivity index (χ4v) is 4.28. The summed E-state index contributed by atoms with van der Waals surface area (Å²) in [6.45, 7) is 1.06. The third-order valence-electron chi connectivity index (χ3n) is 6.28. The molecule has 1 heterocycles. The Hall–Kier alpha value is -3.80. The highest BCUT2D eigenvalue weighted by atomic mass is 16.5. The number of hydrogen-bond acceptors (Lipinski definition) is 4. The fraction of sp³-hybridized carbons (Fsp3) is 0.286. The number of carbonyl (C=O) groups is 2. The lowest BCUT2D eigenvalue weighted by Gasteiger charge is -2.22. The van der Waals surface area contributed by atoms with Crippen molar-refractivity contribution in [3.8, 4) is 11.5 Å². The molecular formula is C28H30N2O4. The van der Waals surface area contributed by atoms with Crippen molar-refractivity contribution in [1.82, 2.24) is 10.2 Å². The monoisotopic (exact) mass is 458 g/mol. The van der Waals surface area contributed by atoms with E-state index < -0.39 is 0 Å². The Labute approximate surface area is 200 Å². The van der Waals surface area contributed by atoms with E-state index in [0.717, 1.165) is 29.0 Å². The lowest BCUT2D eigenvalue weighted by Crippen LogP contribution is -2.36. The first-order chi connectivity index (χ1) is 16.6. The molecule has 2 amide bonds. The molecule has 3 aromatic carbocycles. The number of nitrogens with zero attached hydrogens (tertiary/aromatic N) is 1. The number of amides is 2. The average Bonchev–Trinajstić information content (AvgIpc) is 3.27. The molecule has 1 aliphatic heterocycles. The molecule has 6 nitrogen and oxygen atoms in total. The van der Waals surface area contributed by atoms with Gasteiger partial charge in [0.25, 0.3) is 0 Å². The van der Waals surface area contributed by atoms with Crippen LogP contribution < -0.4 is 14.8 Å². The molecule has 1 N–H and O–H groups in total. The van der Waals surface area contributed by atoms with E-state index in [-0.39, 0.29) is 30.2 Å². The average molecular weight is 459 g/mol. The number of ether oxygens (including phenoxy) is 2. The molecule has 176 valence electrons. The number of hydrogen-bond donors (Lipinski definition) is 1. The maximum absolute atomic E-state index is 13.3. The second-order valence-corrected chi connectivity index (χ2v) is 8.46. The van der Waals surface area contributed by atoms with E-state index in [1.54, 1.807) is 19.1 Å². The normalized spacial score (nSPS) is 15.4. The molecule has 1 saturated heterocycles. The van der Waals surface area contributed by atoms with Gasteiger partial charge in [0.15, 0.2) is 0 Å². The van der Waals surface area contributed by atoms with Gasteiger partial charge in [0, 0.05) is 19.5 Å². The predicted molar refractivity (Wildman–Crippen MR) is 131 cm³/mol. The van der Waals surface area contributed by atoms with Crippen molar-refractivity contribution in [1.29, 1.82) is 0 Å². The van der Waals surface area contributed by atoms with Crippen LogP contribution in [0.5, 0.6) is 11.5 Å². The second-order valence-electron chi connectivity index (χ2n) is 8.46. The Bertz CT molecular complexity index is 1050. The van der Waals surface area contributed by atoms with Crippen molar-refractivity contribution in [2.75, 3.05) is 27.3 Å². The Morgan fingerprint density at radius 2 is 1.47 bits per heavy atom. The van der Waals surface area contributed by atoms with Gasteiger partial charge in [-0.15, -0.1) is 0 Å². The minimum atomic E-state index is -0.373. The minimum Gasteiger partial charge on any atom is -0.497 e. The van der Waals surface area contributed by atoms with E-state index in [0.29, 0.717) is 13.1 Å². The van der Waals surface area contributed by atoms with E-state index in [9.17, 15) is 9.59 Å². The summed E-state index contributed by atoms with van der Waals surface area (Å²) in [6.07, 6.45) is 1.01. The van der Waals surface area contributed by atoms with Gasteiger partial charge in [0.1, 0.15) is 11.5 Å². The molecule has 0 radical (unpaired) electrons. The Balaban J connectivity index is 1.46. The Morgan fingerprint density at radius 3 is 2.00 bits per heavy atom. The molecule has 34 heavy (non-hydrogen) atoms. The van der Waals surface area contributed by atoms with Crippen LogP contribution in [0.2, 0.25) is 0 Å². The molecule has 0 spiro atoms. The maximum Gasteiger partial charge on any atom is 0.226 e. The quantitative estimate of drug-likeness (QED) is 0.526. The number of rotatable bonds is 9. The summed E-state index contributed by atoms with van der Waals surface area (Å²) in [6, 6.07) is 25.0. The van der Waals surface area contributed by atoms with Gasteiger partial charge >= 0.3 is 0 Å². The standard InChI is InChI=1S/C28H30N2O4/c1-33-24-12-8-21(9-13-24)27(22-10-14-25(34-2)15-11-22)29-28(32)23-18-26(31)30(19-23)17-16-20-6-4-3-5-7-20/h3-15,23,27H,16-19H2,1-2H3,(H,29,32). The van der Waals surface area contributed by atoms with Gasteiger partial charge in [0.05, 0.1) is 26.2 Å². The zero-order valence-corrected chi connectivity index (χ0v) is 19.6. The van der Waals surface area contributed by atoms with Gasteiger partial charge in [-0.2, -0.15) is 0 Å². The zero-order valence-electron chi connectivity index (χ0n) is 19.6. The van der Waals surface area contributed by atoms with Crippen molar-refractivity contribution in [2.24, 2.45) is 5.92 Å². The minimum absolute atomic E-state index is 0.0292. The van der Waals surface area contributed by atoms with Crippen molar-refractivity contribution < 1.29 is 19.1 Å². The van der Waals surface area contributed by atoms with Crippen LogP contribution in [0.4, 0.5) is 0 Å². The van der Waals surface area contributed by atoms with Crippen LogP contribution in [0.25, 0.3) is 0 Å². The van der Waals surface area contributed by atoms with E-state index in [2.05, 4.69) is 17.4 Å². The SMILES string of the molecule is COc1ccc(C(NC(=O)C2CC(=O)N(CCc3ccccc3)C2)c2ccc(OC)cc2)cc1. The first-order valence-corrected chi connectivity index (χ1v) is 11.5. The summed E-state index contributed by atoms with van der Waals surface area (Å²) in [5, 5.41) is 3.18. The van der Waals surface area contributed by atoms with Crippen molar-refractivity contribution in [3.05, 3.63) is 95.6 Å². The van der Waals surface area contributed by atoms with Gasteiger partial charge in [-0.05, 0) is 47.4 Å². The molecule has 1 fully saturated rings. The smallest absolute Gasteiger partial charge is 0.226 e. The molecule has 6 heteroatoms. The number of methoxy groups -OCH3 is 2. The molecule has 0 bridgehead atoms. The lowest BCUT2D eigenvalue weighted by atomic mass is 9.97. The van der Waals surface area contributed by atoms with Crippen LogP contribution in [-0.4, -0.2) is 44.0 Å². The van der Waals surface area contributed by atoms with E-state index in [1.165, 1.54) is 5.56 Å². The van der Waals surface area contributed by atoms with Gasteiger partial charge in [0.2, 0.25) is 11.8 Å². The van der Waals surface area contributed by atoms with Crippen LogP contribution in [-0.2, 0) is 16.0 Å². The molecule has 1 aliphatic rings. The Kier molecular flexibility index (Phi) is 7.48. The first kappa shape index (κ1) is 23.4. The maximum atomic E-state index is 13.3. The predicted octanol–water partition coefficient (Wildman–Crippen LogP) is 4.00. The zero-order chi connectivity index (χ0) is 23.9. The van der Waals surface area contributed by atoms with Crippen LogP contribution in [0.3, 0.4) is 0 Å². The topological polar surface area (TPSA) is 67.9 Å². The summed E-state index contributed by atoms with van der Waals surface area (Å²) in [5.41, 5.74) is 3.05. The largest absolute Gasteiger partial charge is 0.497 e. The van der Waals surface area contributed by atoms with Gasteiger partial charge in [-0.1, -0.05) is 54.6 Å². The molecular weight excluding hydrogens is 428 g/mol. The van der Waals surface area contributed by atoms with Crippen molar-refractivity contribution in [3.63, 3.8) is 0 Å². The Morgan fingerprint density at radius 1 is 0.912 bits per heavy atom. The van der Waals surface area contributed by atoms with Crippen LogP contribution >= 0.6 is 0 Å². The second kappa shape index (κ2) is 10.9. The van der Waals surface area contributed by atoms with E-state index in [1.807, 2.05) is 66.7 Å². The number of nitrogens with one attached hydrogen (secondary N) is 1. The molecule has 0 aromatic heterocycles. The van der Waals surface area contributed by atoms with Gasteiger partial charge < -0.3 is 19.7 Å². The van der Waals surface area contributed by atoms with E-state index in [4.69, 9.17) is 9.47 Å². The molecule has 3 aromatic rings. The van der Waals surface area contributed by atoms with Gasteiger partial charge in [-0.25, -0.2) is 0 Å². The van der Waals surface area contributed by atoms with Gasteiger partial charge in [-0.3, -0.25) is 9.59 Å². The highest BCUT2D eigenvalue weighted by molar-refractivity contribution is 5.89. The number of benzene rings is 3. The fourth-order valence-electron chi connectivity index (χ4n) is 4.28. The van der Waals surface area contributed by atoms with Crippen LogP contribution in [0, 0.1) is 5.92 Å². The first-order valence-electron chi connectivity index (χ1n) is 11.5. The molecule has 1 unspecified atom stereocenters. The highest BCUT2D eigenvalue weighted by Crippen LogP contribution is 2.27. The third kappa shape index (κ3) is 5.57. The molecule has 4 rings (SSSR count). The molecule has 1 atom stereocenters. The van der Waals surface area contributed by atoms with E-state index >= 15 is 0 Å². The summed E-state index contributed by atoms with van der Waals surface area (Å²) in [5.74, 6) is 1.04. The van der Waals surface area contributed by atoms with Crippen LogP contribution in [0.15, 0.2) is 78.9 Å². The lowest BCUT2D eigenvalue weighted by molar-refractivity contribution is -0.129. The summed E-state index contributed by atoms with van der Waals surface area (Å²) < 4.78 is 10.6. The van der Waals surface area contributed by atoms with Crippen LogP contribution in [0.1, 0.15) is 29.2 Å². The molecule has 0 saturated carbocycles. The number of carbonyl (C=O) groups excluding carboxylic acids is 2. The number of likely N-dealkylation sites (tertiary alicyclic amines) is 1. The molecule has 0 aliphatic carbocycles. The summed E-state index contributed by atoms with van der Waals surface area (Å²) in [7, 11) is 3.25. The third-order valence-corrected chi connectivity index (χ3v) is 6.28.